The summed E-state index contributed by atoms with van der Waals surface area (Å²) in [5, 5.41) is 0. The fourth-order valence-corrected chi connectivity index (χ4v) is 4.21. The Labute approximate surface area is 109 Å². The van der Waals surface area contributed by atoms with Gasteiger partial charge in [-0.15, -0.1) is 0 Å². The molecule has 0 aromatic carbocycles. The minimum Gasteiger partial charge on any atom is -0.337 e. The molecule has 0 aliphatic heterocycles. The van der Waals surface area contributed by atoms with Crippen LogP contribution in [0.25, 0.3) is 0 Å². The zero-order valence-electron chi connectivity index (χ0n) is 11.5. The van der Waals surface area contributed by atoms with Crippen molar-refractivity contribution in [1.82, 2.24) is 14.5 Å². The van der Waals surface area contributed by atoms with Crippen molar-refractivity contribution >= 4 is 0 Å². The van der Waals surface area contributed by atoms with E-state index in [1.165, 1.54) is 25.7 Å². The number of imidazole rings is 1. The van der Waals surface area contributed by atoms with Crippen molar-refractivity contribution in [3.8, 4) is 0 Å². The maximum absolute atomic E-state index is 6.15. The smallest absolute Gasteiger partial charge is 0.122 e. The van der Waals surface area contributed by atoms with Gasteiger partial charge in [0, 0.05) is 31.5 Å². The predicted octanol–water partition coefficient (Wildman–Crippen LogP) is 1.37. The highest BCUT2D eigenvalue weighted by atomic mass is 15.2. The van der Waals surface area contributed by atoms with Gasteiger partial charge in [0.2, 0.25) is 0 Å². The van der Waals surface area contributed by atoms with Crippen LogP contribution in [0.4, 0.5) is 0 Å². The van der Waals surface area contributed by atoms with Crippen LogP contribution in [0.15, 0.2) is 12.4 Å². The summed E-state index contributed by atoms with van der Waals surface area (Å²) in [7, 11) is 4.29. The highest BCUT2D eigenvalue weighted by Crippen LogP contribution is 2.52. The third-order valence-electron chi connectivity index (χ3n) is 5.36. The lowest BCUT2D eigenvalue weighted by molar-refractivity contribution is 0.0563. The number of aromatic nitrogens is 2. The van der Waals surface area contributed by atoms with Crippen LogP contribution in [0, 0.1) is 11.8 Å². The van der Waals surface area contributed by atoms with Crippen molar-refractivity contribution < 1.29 is 0 Å². The Bertz CT molecular complexity index is 427. The first-order valence-corrected chi connectivity index (χ1v) is 7.03. The second-order valence-corrected chi connectivity index (χ2v) is 6.20. The van der Waals surface area contributed by atoms with Crippen molar-refractivity contribution in [2.24, 2.45) is 24.6 Å². The predicted molar refractivity (Wildman–Crippen MR) is 71.9 cm³/mol. The molecular formula is C14H24N4. The molecule has 3 atom stereocenters. The molecule has 4 heteroatoms. The molecule has 2 N–H and O–H groups in total. The van der Waals surface area contributed by atoms with Gasteiger partial charge in [-0.25, -0.2) is 4.98 Å². The molecule has 2 bridgehead atoms. The molecule has 3 unspecified atom stereocenters. The second kappa shape index (κ2) is 4.35. The Balaban J connectivity index is 1.78. The summed E-state index contributed by atoms with van der Waals surface area (Å²) in [5.74, 6) is 2.85. The summed E-state index contributed by atoms with van der Waals surface area (Å²) in [5.41, 5.74) is 6.39. The number of fused-ring (bicyclic) bond motifs is 2. The molecule has 0 amide bonds. The van der Waals surface area contributed by atoms with E-state index >= 15 is 0 Å². The molecule has 2 fully saturated rings. The van der Waals surface area contributed by atoms with Crippen LogP contribution < -0.4 is 5.73 Å². The average Bonchev–Trinajstić information content (AvgIpc) is 3.05. The monoisotopic (exact) mass is 248 g/mol. The Morgan fingerprint density at radius 3 is 2.89 bits per heavy atom. The molecule has 3 rings (SSSR count). The fourth-order valence-electron chi connectivity index (χ4n) is 4.21. The topological polar surface area (TPSA) is 47.1 Å². The van der Waals surface area contributed by atoms with Gasteiger partial charge in [0.05, 0.1) is 6.54 Å². The van der Waals surface area contributed by atoms with E-state index in [0.717, 1.165) is 30.7 Å². The summed E-state index contributed by atoms with van der Waals surface area (Å²) in [6.45, 7) is 1.69. The molecule has 2 aliphatic carbocycles. The largest absolute Gasteiger partial charge is 0.337 e. The first-order chi connectivity index (χ1) is 8.65. The van der Waals surface area contributed by atoms with Crippen LogP contribution in [-0.2, 0) is 13.6 Å². The van der Waals surface area contributed by atoms with Crippen molar-refractivity contribution in [2.45, 2.75) is 37.8 Å². The van der Waals surface area contributed by atoms with Gasteiger partial charge >= 0.3 is 0 Å². The molecule has 1 heterocycles. The molecule has 1 aromatic rings. The molecule has 0 spiro atoms. The molecular weight excluding hydrogens is 224 g/mol. The summed E-state index contributed by atoms with van der Waals surface area (Å²) in [6, 6.07) is 0. The third kappa shape index (κ3) is 1.70. The highest BCUT2D eigenvalue weighted by Gasteiger charge is 2.52. The zero-order chi connectivity index (χ0) is 12.8. The average molecular weight is 248 g/mol. The van der Waals surface area contributed by atoms with Crippen LogP contribution >= 0.6 is 0 Å². The van der Waals surface area contributed by atoms with E-state index in [1.54, 1.807) is 0 Å². The fraction of sp³-hybridized carbons (Fsp3) is 0.786. The van der Waals surface area contributed by atoms with Gasteiger partial charge in [0.1, 0.15) is 5.82 Å². The molecule has 0 radical (unpaired) electrons. The van der Waals surface area contributed by atoms with Crippen LogP contribution in [0.3, 0.4) is 0 Å². The van der Waals surface area contributed by atoms with Crippen molar-refractivity contribution in [1.29, 1.82) is 0 Å². The van der Waals surface area contributed by atoms with E-state index < -0.39 is 0 Å². The molecule has 2 aliphatic rings. The number of hydrogen-bond acceptors (Lipinski definition) is 3. The lowest BCUT2D eigenvalue weighted by Crippen LogP contribution is -2.55. The normalized spacial score (nSPS) is 34.7. The van der Waals surface area contributed by atoms with Crippen molar-refractivity contribution in [3.05, 3.63) is 18.2 Å². The van der Waals surface area contributed by atoms with E-state index in [1.807, 2.05) is 12.4 Å². The summed E-state index contributed by atoms with van der Waals surface area (Å²) in [6.07, 6.45) is 9.35. The number of nitrogens with zero attached hydrogens (tertiary/aromatic N) is 3. The van der Waals surface area contributed by atoms with Gasteiger partial charge in [-0.05, 0) is 38.1 Å². The first kappa shape index (κ1) is 12.2. The maximum atomic E-state index is 6.15. The third-order valence-corrected chi connectivity index (χ3v) is 5.36. The highest BCUT2D eigenvalue weighted by molar-refractivity contribution is 5.08. The molecule has 1 aromatic heterocycles. The molecule has 0 saturated heterocycles. The van der Waals surface area contributed by atoms with E-state index in [0.29, 0.717) is 0 Å². The van der Waals surface area contributed by atoms with Crippen LogP contribution in [-0.4, -0.2) is 33.6 Å². The SMILES string of the molecule is CN(Cc1nccn1C)C1(CN)CC2CCC1C2. The van der Waals surface area contributed by atoms with Gasteiger partial charge in [-0.1, -0.05) is 6.42 Å². The van der Waals surface area contributed by atoms with Crippen LogP contribution in [0.5, 0.6) is 0 Å². The lowest BCUT2D eigenvalue weighted by Gasteiger charge is -2.44. The molecule has 4 nitrogen and oxygen atoms in total. The number of rotatable bonds is 4. The molecule has 100 valence electrons. The van der Waals surface area contributed by atoms with Gasteiger partial charge in [-0.3, -0.25) is 4.90 Å². The maximum Gasteiger partial charge on any atom is 0.122 e. The number of likely N-dealkylation sites (N-methyl/N-ethyl adjacent to an activating group) is 1. The van der Waals surface area contributed by atoms with Gasteiger partial charge < -0.3 is 10.3 Å². The standard InChI is InChI=1S/C14H24N4/c1-17-6-5-16-13(17)9-18(2)14(10-15)8-11-3-4-12(14)7-11/h5-6,11-12H,3-4,7-10,15H2,1-2H3. The number of nitrogens with two attached hydrogens (primary N) is 1. The molecule has 2 saturated carbocycles. The second-order valence-electron chi connectivity index (χ2n) is 6.20. The zero-order valence-corrected chi connectivity index (χ0v) is 11.5. The summed E-state index contributed by atoms with van der Waals surface area (Å²) >= 11 is 0. The minimum atomic E-state index is 0.231. The van der Waals surface area contributed by atoms with Crippen molar-refractivity contribution in [3.63, 3.8) is 0 Å². The van der Waals surface area contributed by atoms with Crippen molar-refractivity contribution in [2.75, 3.05) is 13.6 Å². The number of hydrogen-bond donors (Lipinski definition) is 1. The lowest BCUT2D eigenvalue weighted by atomic mass is 9.79. The first-order valence-electron chi connectivity index (χ1n) is 7.03. The summed E-state index contributed by atoms with van der Waals surface area (Å²) in [4.78, 5) is 6.91. The quantitative estimate of drug-likeness (QED) is 0.875. The Morgan fingerprint density at radius 1 is 1.56 bits per heavy atom. The summed E-state index contributed by atoms with van der Waals surface area (Å²) < 4.78 is 2.11. The van der Waals surface area contributed by atoms with E-state index in [4.69, 9.17) is 5.73 Å². The van der Waals surface area contributed by atoms with Crippen LogP contribution in [0.2, 0.25) is 0 Å². The Kier molecular flexibility index (Phi) is 2.94. The van der Waals surface area contributed by atoms with Gasteiger partial charge in [0.25, 0.3) is 0 Å². The van der Waals surface area contributed by atoms with Gasteiger partial charge in [-0.2, -0.15) is 0 Å². The Hall–Kier alpha value is -0.870. The van der Waals surface area contributed by atoms with Crippen LogP contribution in [0.1, 0.15) is 31.5 Å². The van der Waals surface area contributed by atoms with E-state index in [2.05, 4.69) is 28.5 Å². The molecule has 18 heavy (non-hydrogen) atoms. The van der Waals surface area contributed by atoms with E-state index in [-0.39, 0.29) is 5.54 Å². The number of aryl methyl sites for hydroxylation is 1. The van der Waals surface area contributed by atoms with Gasteiger partial charge in [0.15, 0.2) is 0 Å². The minimum absolute atomic E-state index is 0.231. The Morgan fingerprint density at radius 2 is 2.39 bits per heavy atom. The van der Waals surface area contributed by atoms with E-state index in [9.17, 15) is 0 Å².